The minimum atomic E-state index is 0.111. The van der Waals surface area contributed by atoms with Crippen molar-refractivity contribution in [3.63, 3.8) is 0 Å². The Morgan fingerprint density at radius 3 is 2.62 bits per heavy atom. The van der Waals surface area contributed by atoms with E-state index in [0.717, 1.165) is 24.8 Å². The number of nitrogens with two attached hydrogens (primary N) is 1. The van der Waals surface area contributed by atoms with Crippen LogP contribution in [0.1, 0.15) is 44.7 Å². The topological polar surface area (TPSA) is 50.9 Å². The first-order chi connectivity index (χ1) is 7.72. The van der Waals surface area contributed by atoms with Crippen LogP contribution in [-0.2, 0) is 0 Å². The number of nitrogens with one attached hydrogen (secondary N) is 1. The number of hydrogen-bond donors (Lipinski definition) is 2. The van der Waals surface area contributed by atoms with Crippen LogP contribution in [0.3, 0.4) is 0 Å². The van der Waals surface area contributed by atoms with Crippen molar-refractivity contribution in [1.29, 1.82) is 0 Å². The van der Waals surface area contributed by atoms with Gasteiger partial charge in [-0.05, 0) is 24.0 Å². The van der Waals surface area contributed by atoms with Crippen LogP contribution in [0.25, 0.3) is 0 Å². The van der Waals surface area contributed by atoms with Crippen molar-refractivity contribution in [1.82, 2.24) is 10.4 Å². The van der Waals surface area contributed by atoms with Crippen LogP contribution in [0.4, 0.5) is 0 Å². The fraction of sp³-hybridized carbons (Fsp3) is 0.583. The molecule has 0 saturated heterocycles. The first kappa shape index (κ1) is 13.4. The quantitative estimate of drug-likeness (QED) is 0.595. The van der Waals surface area contributed by atoms with Crippen LogP contribution >= 0.6 is 11.6 Å². The number of hydrogen-bond acceptors (Lipinski definition) is 3. The number of pyridine rings is 1. The van der Waals surface area contributed by atoms with E-state index in [4.69, 9.17) is 17.4 Å². The molecule has 0 radical (unpaired) electrons. The number of aromatic nitrogens is 1. The van der Waals surface area contributed by atoms with Crippen LogP contribution in [-0.4, -0.2) is 4.98 Å². The summed E-state index contributed by atoms with van der Waals surface area (Å²) in [5.41, 5.74) is 3.88. The predicted octanol–water partition coefficient (Wildman–Crippen LogP) is 3.07. The van der Waals surface area contributed by atoms with Crippen molar-refractivity contribution in [2.24, 2.45) is 11.8 Å². The monoisotopic (exact) mass is 241 g/mol. The highest BCUT2D eigenvalue weighted by Gasteiger charge is 2.17. The standard InChI is InChI=1S/C12H20ClN3/c1-3-9(4-2)7-12(16-14)10-5-6-15-8-11(10)13/h5-6,8-9,12,16H,3-4,7,14H2,1-2H3. The Morgan fingerprint density at radius 2 is 2.12 bits per heavy atom. The van der Waals surface area contributed by atoms with Gasteiger partial charge < -0.3 is 0 Å². The van der Waals surface area contributed by atoms with E-state index in [0.29, 0.717) is 10.9 Å². The summed E-state index contributed by atoms with van der Waals surface area (Å²) in [5.74, 6) is 6.27. The Kier molecular flexibility index (Phi) is 5.74. The van der Waals surface area contributed by atoms with E-state index in [1.807, 2.05) is 6.07 Å². The second-order valence-corrected chi connectivity index (χ2v) is 4.44. The van der Waals surface area contributed by atoms with E-state index in [-0.39, 0.29) is 6.04 Å². The van der Waals surface area contributed by atoms with Gasteiger partial charge in [0, 0.05) is 18.4 Å². The number of rotatable bonds is 6. The fourth-order valence-electron chi connectivity index (χ4n) is 1.91. The number of halogens is 1. The van der Waals surface area contributed by atoms with Gasteiger partial charge in [-0.1, -0.05) is 38.3 Å². The van der Waals surface area contributed by atoms with E-state index in [9.17, 15) is 0 Å². The zero-order valence-electron chi connectivity index (χ0n) is 9.91. The average molecular weight is 242 g/mol. The van der Waals surface area contributed by atoms with E-state index in [1.54, 1.807) is 12.4 Å². The molecule has 0 amide bonds. The molecule has 4 heteroatoms. The lowest BCUT2D eigenvalue weighted by atomic mass is 9.92. The maximum Gasteiger partial charge on any atom is 0.0637 e. The average Bonchev–Trinajstić information content (AvgIpc) is 2.32. The third-order valence-electron chi connectivity index (χ3n) is 3.10. The lowest BCUT2D eigenvalue weighted by molar-refractivity contribution is 0.375. The van der Waals surface area contributed by atoms with Crippen LogP contribution in [0.15, 0.2) is 18.5 Å². The second kappa shape index (κ2) is 6.84. The predicted molar refractivity (Wildman–Crippen MR) is 68.0 cm³/mol. The van der Waals surface area contributed by atoms with E-state index in [2.05, 4.69) is 24.3 Å². The molecule has 1 rings (SSSR count). The molecule has 3 N–H and O–H groups in total. The summed E-state index contributed by atoms with van der Waals surface area (Å²) in [6, 6.07) is 2.04. The molecule has 0 aliphatic carbocycles. The first-order valence-electron chi connectivity index (χ1n) is 5.78. The van der Waals surface area contributed by atoms with Crippen molar-refractivity contribution in [3.05, 3.63) is 29.0 Å². The van der Waals surface area contributed by atoms with Gasteiger partial charge in [-0.2, -0.15) is 0 Å². The van der Waals surface area contributed by atoms with Gasteiger partial charge in [0.2, 0.25) is 0 Å². The van der Waals surface area contributed by atoms with Crippen molar-refractivity contribution in [2.75, 3.05) is 0 Å². The molecule has 1 atom stereocenters. The molecule has 0 spiro atoms. The Balaban J connectivity index is 2.78. The molecule has 0 bridgehead atoms. The van der Waals surface area contributed by atoms with Crippen molar-refractivity contribution in [2.45, 2.75) is 39.2 Å². The van der Waals surface area contributed by atoms with Gasteiger partial charge >= 0.3 is 0 Å². The normalized spacial score (nSPS) is 13.1. The summed E-state index contributed by atoms with van der Waals surface area (Å²) in [6.45, 7) is 4.41. The lowest BCUT2D eigenvalue weighted by Gasteiger charge is -2.22. The summed E-state index contributed by atoms with van der Waals surface area (Å²) >= 11 is 6.11. The van der Waals surface area contributed by atoms with Gasteiger partial charge in [0.1, 0.15) is 0 Å². The van der Waals surface area contributed by atoms with Crippen molar-refractivity contribution >= 4 is 11.6 Å². The smallest absolute Gasteiger partial charge is 0.0637 e. The Morgan fingerprint density at radius 1 is 1.44 bits per heavy atom. The largest absolute Gasteiger partial charge is 0.271 e. The summed E-state index contributed by atoms with van der Waals surface area (Å²) < 4.78 is 0. The fourth-order valence-corrected chi connectivity index (χ4v) is 2.16. The van der Waals surface area contributed by atoms with E-state index in [1.165, 1.54) is 0 Å². The maximum absolute atomic E-state index is 6.11. The van der Waals surface area contributed by atoms with Crippen molar-refractivity contribution in [3.8, 4) is 0 Å². The highest BCUT2D eigenvalue weighted by atomic mass is 35.5. The molecule has 1 unspecified atom stereocenters. The van der Waals surface area contributed by atoms with Crippen LogP contribution in [0.5, 0.6) is 0 Å². The first-order valence-corrected chi connectivity index (χ1v) is 6.16. The molecule has 1 aromatic heterocycles. The van der Waals surface area contributed by atoms with Gasteiger partial charge in [-0.15, -0.1) is 0 Å². The Hall–Kier alpha value is -0.640. The van der Waals surface area contributed by atoms with Crippen molar-refractivity contribution < 1.29 is 0 Å². The summed E-state index contributed by atoms with van der Waals surface area (Å²) in [4.78, 5) is 3.98. The molecule has 90 valence electrons. The summed E-state index contributed by atoms with van der Waals surface area (Å²) in [6.07, 6.45) is 6.74. The minimum absolute atomic E-state index is 0.111. The number of hydrazine groups is 1. The third-order valence-corrected chi connectivity index (χ3v) is 3.42. The molecule has 0 fully saturated rings. The van der Waals surface area contributed by atoms with Gasteiger partial charge in [0.15, 0.2) is 0 Å². The zero-order chi connectivity index (χ0) is 12.0. The van der Waals surface area contributed by atoms with E-state index < -0.39 is 0 Å². The molecule has 0 saturated carbocycles. The second-order valence-electron chi connectivity index (χ2n) is 4.03. The third kappa shape index (κ3) is 3.44. The highest BCUT2D eigenvalue weighted by Crippen LogP contribution is 2.28. The number of nitrogens with zero attached hydrogens (tertiary/aromatic N) is 1. The molecule has 0 aliphatic heterocycles. The van der Waals surface area contributed by atoms with Gasteiger partial charge in [-0.3, -0.25) is 16.3 Å². The van der Waals surface area contributed by atoms with Gasteiger partial charge in [0.25, 0.3) is 0 Å². The molecule has 1 aromatic rings. The Labute approximate surface area is 102 Å². The molecule has 0 aromatic carbocycles. The van der Waals surface area contributed by atoms with Crippen LogP contribution in [0, 0.1) is 5.92 Å². The van der Waals surface area contributed by atoms with Crippen LogP contribution in [0.2, 0.25) is 5.02 Å². The summed E-state index contributed by atoms with van der Waals surface area (Å²) in [5, 5.41) is 0.677. The summed E-state index contributed by atoms with van der Waals surface area (Å²) in [7, 11) is 0. The minimum Gasteiger partial charge on any atom is -0.271 e. The highest BCUT2D eigenvalue weighted by molar-refractivity contribution is 6.31. The van der Waals surface area contributed by atoms with E-state index >= 15 is 0 Å². The molecule has 16 heavy (non-hydrogen) atoms. The van der Waals surface area contributed by atoms with Gasteiger partial charge in [-0.25, -0.2) is 0 Å². The maximum atomic E-state index is 6.11. The lowest BCUT2D eigenvalue weighted by Crippen LogP contribution is -2.29. The molecule has 1 heterocycles. The Bertz CT molecular complexity index is 313. The van der Waals surface area contributed by atoms with Gasteiger partial charge in [0.05, 0.1) is 5.02 Å². The molecular formula is C12H20ClN3. The molecule has 0 aliphatic rings. The SMILES string of the molecule is CCC(CC)CC(NN)c1ccncc1Cl. The molecule has 3 nitrogen and oxygen atoms in total. The van der Waals surface area contributed by atoms with Crippen LogP contribution < -0.4 is 11.3 Å². The zero-order valence-corrected chi connectivity index (χ0v) is 10.7. The molecular weight excluding hydrogens is 222 g/mol.